The van der Waals surface area contributed by atoms with Crippen LogP contribution in [0.25, 0.3) is 10.9 Å². The molecule has 0 bridgehead atoms. The Morgan fingerprint density at radius 2 is 2.05 bits per heavy atom. The van der Waals surface area contributed by atoms with Gasteiger partial charge in [-0.05, 0) is 18.6 Å². The number of aromatic nitrogens is 1. The summed E-state index contributed by atoms with van der Waals surface area (Å²) in [5, 5.41) is 12.7. The fraction of sp³-hybridized carbons (Fsp3) is 0.286. The van der Waals surface area contributed by atoms with E-state index >= 15 is 0 Å². The molecule has 0 aliphatic rings. The van der Waals surface area contributed by atoms with Crippen molar-refractivity contribution in [3.05, 3.63) is 36.0 Å². The van der Waals surface area contributed by atoms with Crippen LogP contribution < -0.4 is 5.32 Å². The number of nitrogens with zero attached hydrogens (tertiary/aromatic N) is 1. The van der Waals surface area contributed by atoms with E-state index in [1.54, 1.807) is 0 Å². The number of amides is 1. The average molecular weight is 260 g/mol. The first kappa shape index (κ1) is 13.1. The van der Waals surface area contributed by atoms with Crippen molar-refractivity contribution in [3.63, 3.8) is 0 Å². The molecule has 1 heterocycles. The van der Waals surface area contributed by atoms with Gasteiger partial charge < -0.3 is 15.0 Å². The van der Waals surface area contributed by atoms with Crippen molar-refractivity contribution in [2.75, 3.05) is 0 Å². The van der Waals surface area contributed by atoms with Crippen molar-refractivity contribution in [2.45, 2.75) is 26.4 Å². The number of aliphatic carboxylic acids is 1. The highest BCUT2D eigenvalue weighted by molar-refractivity contribution is 5.85. The number of hydrogen-bond acceptors (Lipinski definition) is 2. The topological polar surface area (TPSA) is 71.3 Å². The van der Waals surface area contributed by atoms with Crippen LogP contribution in [-0.4, -0.2) is 27.6 Å². The van der Waals surface area contributed by atoms with Gasteiger partial charge in [-0.15, -0.1) is 0 Å². The van der Waals surface area contributed by atoms with Crippen LogP contribution in [0.2, 0.25) is 0 Å². The molecule has 0 saturated carbocycles. The monoisotopic (exact) mass is 260 g/mol. The Hall–Kier alpha value is -2.30. The zero-order valence-electron chi connectivity index (χ0n) is 10.9. The lowest BCUT2D eigenvalue weighted by Gasteiger charge is -2.14. The van der Waals surface area contributed by atoms with Gasteiger partial charge in [0.2, 0.25) is 5.91 Å². The summed E-state index contributed by atoms with van der Waals surface area (Å²) in [5.41, 5.74) is 2.05. The minimum Gasteiger partial charge on any atom is -0.480 e. The Bertz CT molecular complexity index is 631. The van der Waals surface area contributed by atoms with Crippen LogP contribution in [0.4, 0.5) is 0 Å². The van der Waals surface area contributed by atoms with Crippen molar-refractivity contribution in [1.82, 2.24) is 9.88 Å². The van der Waals surface area contributed by atoms with Crippen molar-refractivity contribution >= 4 is 22.8 Å². The van der Waals surface area contributed by atoms with Gasteiger partial charge in [0.05, 0.1) is 6.54 Å². The molecule has 5 heteroatoms. The minimum atomic E-state index is -1.04. The van der Waals surface area contributed by atoms with Gasteiger partial charge >= 0.3 is 5.97 Å². The van der Waals surface area contributed by atoms with Gasteiger partial charge in [-0.1, -0.05) is 18.2 Å². The van der Waals surface area contributed by atoms with Gasteiger partial charge in [-0.2, -0.15) is 0 Å². The lowest BCUT2D eigenvalue weighted by molar-refractivity contribution is -0.141. The van der Waals surface area contributed by atoms with E-state index in [0.29, 0.717) is 0 Å². The number of rotatable bonds is 4. The molecule has 0 saturated heterocycles. The molecular weight excluding hydrogens is 244 g/mol. The van der Waals surface area contributed by atoms with Gasteiger partial charge in [0.25, 0.3) is 0 Å². The molecule has 1 aromatic heterocycles. The van der Waals surface area contributed by atoms with Gasteiger partial charge in [0, 0.05) is 24.0 Å². The highest BCUT2D eigenvalue weighted by Gasteiger charge is 2.19. The third-order valence-electron chi connectivity index (χ3n) is 3.04. The number of carbonyl (C=O) groups is 2. The molecule has 0 fully saturated rings. The van der Waals surface area contributed by atoms with Crippen LogP contribution in [0.1, 0.15) is 12.5 Å². The molecule has 5 nitrogen and oxygen atoms in total. The number of fused-ring (bicyclic) bond motifs is 1. The predicted octanol–water partition coefficient (Wildman–Crippen LogP) is 1.54. The summed E-state index contributed by atoms with van der Waals surface area (Å²) in [6.45, 7) is 3.51. The molecule has 2 N–H and O–H groups in total. The maximum absolute atomic E-state index is 11.2. The second-order valence-electron chi connectivity index (χ2n) is 4.57. The summed E-state index contributed by atoms with van der Waals surface area (Å²) in [5.74, 6) is -1.38. The molecule has 2 aromatic rings. The number of benzene rings is 1. The molecule has 0 radical (unpaired) electrons. The number of hydrogen-bond donors (Lipinski definition) is 2. The molecule has 0 spiro atoms. The number of aryl methyl sites for hydroxylation is 1. The first-order valence-corrected chi connectivity index (χ1v) is 6.03. The Morgan fingerprint density at radius 3 is 2.68 bits per heavy atom. The van der Waals surface area contributed by atoms with Crippen LogP contribution in [0.5, 0.6) is 0 Å². The highest BCUT2D eigenvalue weighted by Crippen LogP contribution is 2.20. The first-order valence-electron chi connectivity index (χ1n) is 6.03. The second kappa shape index (κ2) is 5.14. The quantitative estimate of drug-likeness (QED) is 0.876. The minimum absolute atomic E-state index is 0.212. The van der Waals surface area contributed by atoms with Crippen LogP contribution in [0, 0.1) is 6.92 Å². The van der Waals surface area contributed by atoms with Crippen molar-refractivity contribution < 1.29 is 14.7 Å². The highest BCUT2D eigenvalue weighted by atomic mass is 16.4. The number of para-hydroxylation sites is 1. The van der Waals surface area contributed by atoms with E-state index < -0.39 is 12.0 Å². The number of nitrogens with one attached hydrogen (secondary N) is 1. The fourth-order valence-corrected chi connectivity index (χ4v) is 2.21. The van der Waals surface area contributed by atoms with E-state index in [9.17, 15) is 9.59 Å². The van der Waals surface area contributed by atoms with Crippen LogP contribution in [-0.2, 0) is 16.1 Å². The third kappa shape index (κ3) is 2.76. The van der Waals surface area contributed by atoms with E-state index in [-0.39, 0.29) is 12.5 Å². The smallest absolute Gasteiger partial charge is 0.328 e. The Labute approximate surface area is 110 Å². The van der Waals surface area contributed by atoms with Gasteiger partial charge in [-0.25, -0.2) is 4.79 Å². The van der Waals surface area contributed by atoms with E-state index in [2.05, 4.69) is 5.32 Å². The van der Waals surface area contributed by atoms with E-state index in [0.717, 1.165) is 16.5 Å². The zero-order valence-corrected chi connectivity index (χ0v) is 10.9. The van der Waals surface area contributed by atoms with E-state index in [1.165, 1.54) is 6.92 Å². The summed E-state index contributed by atoms with van der Waals surface area (Å²) in [6, 6.07) is 6.87. The largest absolute Gasteiger partial charge is 0.480 e. The first-order chi connectivity index (χ1) is 8.99. The molecule has 1 atom stereocenters. The van der Waals surface area contributed by atoms with Gasteiger partial charge in [-0.3, -0.25) is 4.79 Å². The van der Waals surface area contributed by atoms with Crippen LogP contribution in [0.15, 0.2) is 30.5 Å². The molecule has 1 unspecified atom stereocenters. The van der Waals surface area contributed by atoms with Gasteiger partial charge in [0.1, 0.15) is 6.04 Å². The summed E-state index contributed by atoms with van der Waals surface area (Å²) >= 11 is 0. The molecule has 100 valence electrons. The van der Waals surface area contributed by atoms with Crippen molar-refractivity contribution in [3.8, 4) is 0 Å². The average Bonchev–Trinajstić information content (AvgIpc) is 2.66. The molecule has 19 heavy (non-hydrogen) atoms. The van der Waals surface area contributed by atoms with E-state index in [4.69, 9.17) is 5.11 Å². The van der Waals surface area contributed by atoms with Crippen LogP contribution in [0.3, 0.4) is 0 Å². The molecule has 0 aliphatic carbocycles. The number of carboxylic acid groups (broad SMARTS) is 1. The second-order valence-corrected chi connectivity index (χ2v) is 4.57. The maximum atomic E-state index is 11.2. The zero-order chi connectivity index (χ0) is 14.0. The number of carbonyl (C=O) groups excluding carboxylic acids is 1. The molecule has 1 aromatic carbocycles. The lowest BCUT2D eigenvalue weighted by Crippen LogP contribution is -2.42. The van der Waals surface area contributed by atoms with Gasteiger partial charge in [0.15, 0.2) is 0 Å². The normalized spacial score (nSPS) is 12.3. The molecular formula is C14H16N2O3. The number of carboxylic acids is 1. The SMILES string of the molecule is CC(=O)NC(Cn1cc(C)c2ccccc21)C(=O)O. The summed E-state index contributed by atoms with van der Waals surface area (Å²) in [7, 11) is 0. The lowest BCUT2D eigenvalue weighted by atomic mass is 10.2. The Kier molecular flexibility index (Phi) is 3.55. The van der Waals surface area contributed by atoms with Crippen LogP contribution >= 0.6 is 0 Å². The maximum Gasteiger partial charge on any atom is 0.328 e. The summed E-state index contributed by atoms with van der Waals surface area (Å²) in [6.07, 6.45) is 1.91. The van der Waals surface area contributed by atoms with E-state index in [1.807, 2.05) is 42.0 Å². The predicted molar refractivity (Wildman–Crippen MR) is 71.9 cm³/mol. The summed E-state index contributed by atoms with van der Waals surface area (Å²) in [4.78, 5) is 22.2. The fourth-order valence-electron chi connectivity index (χ4n) is 2.21. The standard InChI is InChI=1S/C14H16N2O3/c1-9-7-16(13-6-4-3-5-11(9)13)8-12(14(18)19)15-10(2)17/h3-7,12H,8H2,1-2H3,(H,15,17)(H,18,19). The molecule has 2 rings (SSSR count). The van der Waals surface area contributed by atoms with Crippen molar-refractivity contribution in [2.24, 2.45) is 0 Å². The Morgan fingerprint density at radius 1 is 1.37 bits per heavy atom. The van der Waals surface area contributed by atoms with Crippen molar-refractivity contribution in [1.29, 1.82) is 0 Å². The summed E-state index contributed by atoms with van der Waals surface area (Å²) < 4.78 is 1.86. The Balaban J connectivity index is 2.34. The third-order valence-corrected chi connectivity index (χ3v) is 3.04. The molecule has 0 aliphatic heterocycles. The molecule has 1 amide bonds.